The van der Waals surface area contributed by atoms with Crippen LogP contribution in [0.3, 0.4) is 0 Å². The first-order chi connectivity index (χ1) is 15.7. The minimum absolute atomic E-state index is 0.178. The first-order valence-corrected chi connectivity index (χ1v) is 10.9. The summed E-state index contributed by atoms with van der Waals surface area (Å²) in [5.74, 6) is 0.609. The predicted molar refractivity (Wildman–Crippen MR) is 131 cm³/mol. The standard InChI is InChI=1S/C27H27N3O3/c1-18-28-23-16-15-21(29-26(32)33-27(2,3)4)17-22(23)25(31)30(18)24(19-11-7-5-8-12-19)20-13-9-6-10-14-20/h5-17,24H,1-4H3,(H,29,32). The fraction of sp³-hybridized carbons (Fsp3) is 0.222. The lowest BCUT2D eigenvalue weighted by atomic mass is 9.98. The normalized spacial score (nSPS) is 11.5. The van der Waals surface area contributed by atoms with E-state index in [0.29, 0.717) is 22.4 Å². The maximum Gasteiger partial charge on any atom is 0.412 e. The fourth-order valence-corrected chi connectivity index (χ4v) is 3.87. The van der Waals surface area contributed by atoms with Crippen LogP contribution in [-0.4, -0.2) is 21.2 Å². The van der Waals surface area contributed by atoms with Crippen molar-refractivity contribution in [3.8, 4) is 0 Å². The number of rotatable bonds is 4. The molecule has 6 nitrogen and oxygen atoms in total. The number of hydrogen-bond acceptors (Lipinski definition) is 4. The van der Waals surface area contributed by atoms with Gasteiger partial charge >= 0.3 is 6.09 Å². The van der Waals surface area contributed by atoms with Crippen molar-refractivity contribution in [2.24, 2.45) is 0 Å². The van der Waals surface area contributed by atoms with Crippen LogP contribution in [0.1, 0.15) is 43.8 Å². The molecular formula is C27H27N3O3. The topological polar surface area (TPSA) is 73.2 Å². The third kappa shape index (κ3) is 4.95. The van der Waals surface area contributed by atoms with E-state index in [1.807, 2.05) is 67.6 Å². The zero-order valence-corrected chi connectivity index (χ0v) is 19.2. The number of nitrogens with zero attached hydrogens (tertiary/aromatic N) is 2. The van der Waals surface area contributed by atoms with Crippen molar-refractivity contribution in [2.45, 2.75) is 39.3 Å². The summed E-state index contributed by atoms with van der Waals surface area (Å²) < 4.78 is 7.04. The molecule has 0 saturated heterocycles. The number of aryl methyl sites for hydroxylation is 1. The van der Waals surface area contributed by atoms with Crippen molar-refractivity contribution in [1.29, 1.82) is 0 Å². The van der Waals surface area contributed by atoms with Gasteiger partial charge in [0, 0.05) is 5.69 Å². The summed E-state index contributed by atoms with van der Waals surface area (Å²) in [6.45, 7) is 7.23. The first kappa shape index (κ1) is 22.3. The van der Waals surface area contributed by atoms with Gasteiger partial charge in [-0.3, -0.25) is 14.7 Å². The highest BCUT2D eigenvalue weighted by atomic mass is 16.6. The van der Waals surface area contributed by atoms with Crippen molar-refractivity contribution in [3.05, 3.63) is 106 Å². The molecule has 4 aromatic rings. The summed E-state index contributed by atoms with van der Waals surface area (Å²) in [4.78, 5) is 30.7. The van der Waals surface area contributed by atoms with E-state index >= 15 is 0 Å². The highest BCUT2D eigenvalue weighted by molar-refractivity contribution is 5.89. The van der Waals surface area contributed by atoms with Crippen LogP contribution in [-0.2, 0) is 4.74 Å². The third-order valence-electron chi connectivity index (χ3n) is 5.21. The van der Waals surface area contributed by atoms with Crippen LogP contribution < -0.4 is 10.9 Å². The third-order valence-corrected chi connectivity index (χ3v) is 5.21. The Labute approximate surface area is 192 Å². The summed E-state index contributed by atoms with van der Waals surface area (Å²) in [7, 11) is 0. The molecule has 3 aromatic carbocycles. The summed E-state index contributed by atoms with van der Waals surface area (Å²) >= 11 is 0. The zero-order valence-electron chi connectivity index (χ0n) is 19.2. The number of carbonyl (C=O) groups excluding carboxylic acids is 1. The smallest absolute Gasteiger partial charge is 0.412 e. The number of nitrogens with one attached hydrogen (secondary N) is 1. The molecule has 33 heavy (non-hydrogen) atoms. The Kier molecular flexibility index (Phi) is 6.01. The minimum Gasteiger partial charge on any atom is -0.444 e. The van der Waals surface area contributed by atoms with E-state index in [1.165, 1.54) is 0 Å². The molecule has 0 aliphatic heterocycles. The molecule has 1 amide bonds. The Morgan fingerprint density at radius 2 is 1.52 bits per heavy atom. The number of ether oxygens (including phenoxy) is 1. The average Bonchev–Trinajstić information content (AvgIpc) is 2.77. The molecule has 0 aliphatic carbocycles. The maximum atomic E-state index is 13.8. The van der Waals surface area contributed by atoms with Gasteiger partial charge in [0.2, 0.25) is 0 Å². The van der Waals surface area contributed by atoms with E-state index in [2.05, 4.69) is 5.32 Å². The van der Waals surface area contributed by atoms with Crippen molar-refractivity contribution < 1.29 is 9.53 Å². The number of aromatic nitrogens is 2. The van der Waals surface area contributed by atoms with Crippen molar-refractivity contribution in [1.82, 2.24) is 9.55 Å². The van der Waals surface area contributed by atoms with Crippen LogP contribution in [0.5, 0.6) is 0 Å². The van der Waals surface area contributed by atoms with Gasteiger partial charge in [0.05, 0.1) is 16.9 Å². The van der Waals surface area contributed by atoms with E-state index in [9.17, 15) is 9.59 Å². The van der Waals surface area contributed by atoms with Crippen LogP contribution in [0.2, 0.25) is 0 Å². The van der Waals surface area contributed by atoms with Gasteiger partial charge in [0.1, 0.15) is 11.4 Å². The molecule has 0 saturated carbocycles. The molecule has 1 aromatic heterocycles. The van der Waals surface area contributed by atoms with Gasteiger partial charge in [0.15, 0.2) is 0 Å². The summed E-state index contributed by atoms with van der Waals surface area (Å²) in [5.41, 5.74) is 2.22. The Hall–Kier alpha value is -3.93. The summed E-state index contributed by atoms with van der Waals surface area (Å²) in [6.07, 6.45) is -0.575. The van der Waals surface area contributed by atoms with E-state index < -0.39 is 11.7 Å². The number of benzene rings is 3. The molecule has 1 N–H and O–H groups in total. The quantitative estimate of drug-likeness (QED) is 0.442. The fourth-order valence-electron chi connectivity index (χ4n) is 3.87. The Morgan fingerprint density at radius 1 is 0.939 bits per heavy atom. The van der Waals surface area contributed by atoms with Gasteiger partial charge < -0.3 is 4.74 Å². The second kappa shape index (κ2) is 8.90. The number of fused-ring (bicyclic) bond motifs is 1. The monoisotopic (exact) mass is 441 g/mol. The molecular weight excluding hydrogens is 414 g/mol. The lowest BCUT2D eigenvalue weighted by Crippen LogP contribution is -2.30. The second-order valence-electron chi connectivity index (χ2n) is 8.92. The van der Waals surface area contributed by atoms with Gasteiger partial charge in [-0.25, -0.2) is 9.78 Å². The Bertz CT molecular complexity index is 1300. The molecule has 6 heteroatoms. The number of hydrogen-bond donors (Lipinski definition) is 1. The lowest BCUT2D eigenvalue weighted by molar-refractivity contribution is 0.0636. The predicted octanol–water partition coefficient (Wildman–Crippen LogP) is 5.69. The van der Waals surface area contributed by atoms with Crippen LogP contribution in [0.25, 0.3) is 10.9 Å². The Balaban J connectivity index is 1.84. The molecule has 0 atom stereocenters. The average molecular weight is 442 g/mol. The maximum absolute atomic E-state index is 13.8. The molecule has 168 valence electrons. The first-order valence-electron chi connectivity index (χ1n) is 10.9. The molecule has 0 aliphatic rings. The Morgan fingerprint density at radius 3 is 2.06 bits per heavy atom. The van der Waals surface area contributed by atoms with E-state index in [-0.39, 0.29) is 11.6 Å². The van der Waals surface area contributed by atoms with Gasteiger partial charge in [0.25, 0.3) is 5.56 Å². The van der Waals surface area contributed by atoms with Gasteiger partial charge in [-0.15, -0.1) is 0 Å². The van der Waals surface area contributed by atoms with Gasteiger partial charge in [-0.1, -0.05) is 60.7 Å². The van der Waals surface area contributed by atoms with Crippen molar-refractivity contribution in [3.63, 3.8) is 0 Å². The molecule has 4 rings (SSSR count). The number of amides is 1. The molecule has 1 heterocycles. The van der Waals surface area contributed by atoms with E-state index in [0.717, 1.165) is 11.1 Å². The van der Waals surface area contributed by atoms with Gasteiger partial charge in [-0.05, 0) is 57.0 Å². The summed E-state index contributed by atoms with van der Waals surface area (Å²) in [6, 6.07) is 24.6. The van der Waals surface area contributed by atoms with Crippen LogP contribution in [0.4, 0.5) is 10.5 Å². The number of anilines is 1. The summed E-state index contributed by atoms with van der Waals surface area (Å²) in [5, 5.41) is 3.13. The second-order valence-corrected chi connectivity index (χ2v) is 8.92. The highest BCUT2D eigenvalue weighted by Crippen LogP contribution is 2.27. The molecule has 0 fully saturated rings. The molecule has 0 radical (unpaired) electrons. The SMILES string of the molecule is Cc1nc2ccc(NC(=O)OC(C)(C)C)cc2c(=O)n1C(c1ccccc1)c1ccccc1. The lowest BCUT2D eigenvalue weighted by Gasteiger charge is -2.23. The van der Waals surface area contributed by atoms with E-state index in [4.69, 9.17) is 9.72 Å². The van der Waals surface area contributed by atoms with Gasteiger partial charge in [-0.2, -0.15) is 0 Å². The van der Waals surface area contributed by atoms with Crippen LogP contribution >= 0.6 is 0 Å². The van der Waals surface area contributed by atoms with Crippen LogP contribution in [0.15, 0.2) is 83.7 Å². The molecule has 0 bridgehead atoms. The minimum atomic E-state index is -0.620. The van der Waals surface area contributed by atoms with Crippen molar-refractivity contribution >= 4 is 22.7 Å². The number of carbonyl (C=O) groups is 1. The largest absolute Gasteiger partial charge is 0.444 e. The van der Waals surface area contributed by atoms with E-state index in [1.54, 1.807) is 43.5 Å². The highest BCUT2D eigenvalue weighted by Gasteiger charge is 2.22. The van der Waals surface area contributed by atoms with Crippen LogP contribution in [0, 0.1) is 6.92 Å². The zero-order chi connectivity index (χ0) is 23.6. The molecule has 0 spiro atoms. The van der Waals surface area contributed by atoms with Crippen molar-refractivity contribution in [2.75, 3.05) is 5.32 Å². The molecule has 0 unspecified atom stereocenters.